The standard InChI is InChI=1S/C12H10F3N.CH5N/c1-8-4-11-5-9(6-12(13,14)15)2-3-10(11)7-16-8;1-2/h2-5,7H,6H2,1H3;2H2,1H3. The van der Waals surface area contributed by atoms with Gasteiger partial charge in [0, 0.05) is 17.3 Å². The maximum Gasteiger partial charge on any atom is 0.393 e. The molecule has 5 heteroatoms. The van der Waals surface area contributed by atoms with Gasteiger partial charge in [-0.1, -0.05) is 18.2 Å². The Hall–Kier alpha value is -1.62. The summed E-state index contributed by atoms with van der Waals surface area (Å²) in [6.07, 6.45) is -3.37. The fraction of sp³-hybridized carbons (Fsp3) is 0.308. The zero-order chi connectivity index (χ0) is 13.8. The number of fused-ring (bicyclic) bond motifs is 1. The highest BCUT2D eigenvalue weighted by atomic mass is 19.4. The quantitative estimate of drug-likeness (QED) is 0.850. The van der Waals surface area contributed by atoms with Gasteiger partial charge in [0.25, 0.3) is 0 Å². The average molecular weight is 256 g/mol. The first-order chi connectivity index (χ1) is 8.44. The molecule has 0 bridgehead atoms. The minimum atomic E-state index is -4.16. The zero-order valence-corrected chi connectivity index (χ0v) is 10.3. The minimum Gasteiger partial charge on any atom is -0.333 e. The molecule has 2 nitrogen and oxygen atoms in total. The number of benzene rings is 1. The van der Waals surface area contributed by atoms with Crippen LogP contribution in [-0.2, 0) is 6.42 Å². The van der Waals surface area contributed by atoms with Gasteiger partial charge in [0.1, 0.15) is 0 Å². The van der Waals surface area contributed by atoms with Crippen LogP contribution in [0.1, 0.15) is 11.3 Å². The second-order valence-corrected chi connectivity index (χ2v) is 3.80. The van der Waals surface area contributed by atoms with Crippen LogP contribution in [0.5, 0.6) is 0 Å². The van der Waals surface area contributed by atoms with Gasteiger partial charge in [-0.3, -0.25) is 4.98 Å². The molecule has 0 fully saturated rings. The zero-order valence-electron chi connectivity index (χ0n) is 10.3. The summed E-state index contributed by atoms with van der Waals surface area (Å²) >= 11 is 0. The topological polar surface area (TPSA) is 38.9 Å². The van der Waals surface area contributed by atoms with Gasteiger partial charge in [-0.05, 0) is 31.0 Å². The molecule has 0 radical (unpaired) electrons. The molecule has 0 aliphatic heterocycles. The first-order valence-corrected chi connectivity index (χ1v) is 5.44. The monoisotopic (exact) mass is 256 g/mol. The second-order valence-electron chi connectivity index (χ2n) is 3.80. The molecule has 0 aliphatic carbocycles. The van der Waals surface area contributed by atoms with E-state index in [2.05, 4.69) is 10.7 Å². The van der Waals surface area contributed by atoms with Gasteiger partial charge in [0.15, 0.2) is 0 Å². The molecule has 98 valence electrons. The van der Waals surface area contributed by atoms with Gasteiger partial charge in [-0.15, -0.1) is 0 Å². The molecular formula is C13H15F3N2. The molecule has 0 unspecified atom stereocenters. The molecule has 1 aromatic carbocycles. The van der Waals surface area contributed by atoms with Crippen LogP contribution < -0.4 is 5.73 Å². The molecule has 0 aliphatic rings. The second kappa shape index (κ2) is 5.82. The smallest absolute Gasteiger partial charge is 0.333 e. The first kappa shape index (κ1) is 14.4. The van der Waals surface area contributed by atoms with Gasteiger partial charge < -0.3 is 5.73 Å². The fourth-order valence-corrected chi connectivity index (χ4v) is 1.64. The van der Waals surface area contributed by atoms with E-state index in [-0.39, 0.29) is 5.56 Å². The lowest BCUT2D eigenvalue weighted by molar-refractivity contribution is -0.127. The normalized spacial score (nSPS) is 11.0. The van der Waals surface area contributed by atoms with Crippen molar-refractivity contribution < 1.29 is 13.2 Å². The fourth-order valence-electron chi connectivity index (χ4n) is 1.64. The van der Waals surface area contributed by atoms with Crippen LogP contribution in [0, 0.1) is 6.92 Å². The largest absolute Gasteiger partial charge is 0.393 e. The number of alkyl halides is 3. The molecule has 0 atom stereocenters. The molecule has 0 saturated heterocycles. The van der Waals surface area contributed by atoms with Crippen molar-refractivity contribution in [3.8, 4) is 0 Å². The van der Waals surface area contributed by atoms with Crippen LogP contribution in [0.4, 0.5) is 13.2 Å². The summed E-state index contributed by atoms with van der Waals surface area (Å²) in [7, 11) is 1.50. The summed E-state index contributed by atoms with van der Waals surface area (Å²) in [5.74, 6) is 0. The first-order valence-electron chi connectivity index (χ1n) is 5.44. The molecule has 0 amide bonds. The van der Waals surface area contributed by atoms with Crippen molar-refractivity contribution in [2.24, 2.45) is 5.73 Å². The van der Waals surface area contributed by atoms with E-state index in [0.717, 1.165) is 16.5 Å². The third-order valence-electron chi connectivity index (χ3n) is 2.33. The van der Waals surface area contributed by atoms with Gasteiger partial charge in [-0.25, -0.2) is 0 Å². The number of hydrogen-bond acceptors (Lipinski definition) is 2. The Balaban J connectivity index is 0.000000771. The lowest BCUT2D eigenvalue weighted by Gasteiger charge is -2.07. The Morgan fingerprint density at radius 1 is 1.11 bits per heavy atom. The van der Waals surface area contributed by atoms with Crippen LogP contribution in [0.2, 0.25) is 0 Å². The third-order valence-corrected chi connectivity index (χ3v) is 2.33. The third kappa shape index (κ3) is 4.00. The van der Waals surface area contributed by atoms with E-state index in [0.29, 0.717) is 0 Å². The van der Waals surface area contributed by atoms with Crippen molar-refractivity contribution in [3.05, 3.63) is 41.7 Å². The number of nitrogens with two attached hydrogens (primary N) is 1. The molecule has 0 saturated carbocycles. The minimum absolute atomic E-state index is 0.283. The number of pyridine rings is 1. The Kier molecular flexibility index (Phi) is 4.67. The Labute approximate surface area is 104 Å². The predicted octanol–water partition coefficient (Wildman–Crippen LogP) is 3.22. The van der Waals surface area contributed by atoms with E-state index in [1.165, 1.54) is 13.1 Å². The summed E-state index contributed by atoms with van der Waals surface area (Å²) in [5, 5.41) is 1.66. The SMILES string of the molecule is CN.Cc1cc2cc(CC(F)(F)F)ccc2cn1. The van der Waals surface area contributed by atoms with E-state index in [4.69, 9.17) is 0 Å². The van der Waals surface area contributed by atoms with Crippen molar-refractivity contribution in [1.29, 1.82) is 0 Å². The molecule has 1 aromatic heterocycles. The van der Waals surface area contributed by atoms with Gasteiger partial charge >= 0.3 is 6.18 Å². The highest BCUT2D eigenvalue weighted by Gasteiger charge is 2.27. The summed E-state index contributed by atoms with van der Waals surface area (Å²) in [4.78, 5) is 4.09. The molecule has 18 heavy (non-hydrogen) atoms. The van der Waals surface area contributed by atoms with Crippen molar-refractivity contribution in [2.45, 2.75) is 19.5 Å². The van der Waals surface area contributed by atoms with Crippen molar-refractivity contribution in [3.63, 3.8) is 0 Å². The summed E-state index contributed by atoms with van der Waals surface area (Å²) in [6.45, 7) is 1.82. The Morgan fingerprint density at radius 2 is 1.78 bits per heavy atom. The Morgan fingerprint density at radius 3 is 2.39 bits per heavy atom. The predicted molar refractivity (Wildman–Crippen MR) is 66.4 cm³/mol. The van der Waals surface area contributed by atoms with Gasteiger partial charge in [-0.2, -0.15) is 13.2 Å². The number of aromatic nitrogens is 1. The van der Waals surface area contributed by atoms with Crippen LogP contribution >= 0.6 is 0 Å². The summed E-state index contributed by atoms with van der Waals surface area (Å²) in [5.41, 5.74) is 5.59. The van der Waals surface area contributed by atoms with Crippen molar-refractivity contribution >= 4 is 10.8 Å². The van der Waals surface area contributed by atoms with Crippen LogP contribution in [0.3, 0.4) is 0 Å². The number of rotatable bonds is 1. The highest BCUT2D eigenvalue weighted by Crippen LogP contribution is 2.24. The van der Waals surface area contributed by atoms with Gasteiger partial charge in [0.2, 0.25) is 0 Å². The lowest BCUT2D eigenvalue weighted by Crippen LogP contribution is -2.11. The lowest BCUT2D eigenvalue weighted by atomic mass is 10.1. The number of halogens is 3. The summed E-state index contributed by atoms with van der Waals surface area (Å²) < 4.78 is 36.6. The molecule has 1 heterocycles. The van der Waals surface area contributed by atoms with E-state index >= 15 is 0 Å². The highest BCUT2D eigenvalue weighted by molar-refractivity contribution is 5.82. The van der Waals surface area contributed by atoms with Crippen LogP contribution in [0.15, 0.2) is 30.5 Å². The Bertz CT molecular complexity index is 521. The molecule has 2 aromatic rings. The molecule has 0 spiro atoms. The van der Waals surface area contributed by atoms with Crippen LogP contribution in [-0.4, -0.2) is 18.2 Å². The number of aryl methyl sites for hydroxylation is 1. The summed E-state index contributed by atoms with van der Waals surface area (Å²) in [6, 6.07) is 6.52. The van der Waals surface area contributed by atoms with Crippen molar-refractivity contribution in [2.75, 3.05) is 7.05 Å². The maximum atomic E-state index is 12.2. The number of hydrogen-bond donors (Lipinski definition) is 1. The van der Waals surface area contributed by atoms with Crippen LogP contribution in [0.25, 0.3) is 10.8 Å². The maximum absolute atomic E-state index is 12.2. The molecule has 2 N–H and O–H groups in total. The molecular weight excluding hydrogens is 241 g/mol. The average Bonchev–Trinajstić information content (AvgIpc) is 2.29. The van der Waals surface area contributed by atoms with E-state index in [9.17, 15) is 13.2 Å². The molecule has 2 rings (SSSR count). The van der Waals surface area contributed by atoms with E-state index in [1.807, 2.05) is 6.92 Å². The van der Waals surface area contributed by atoms with E-state index in [1.54, 1.807) is 24.4 Å². The van der Waals surface area contributed by atoms with E-state index < -0.39 is 12.6 Å². The van der Waals surface area contributed by atoms with Gasteiger partial charge in [0.05, 0.1) is 6.42 Å². The number of nitrogens with zero attached hydrogens (tertiary/aromatic N) is 1. The van der Waals surface area contributed by atoms with Crippen molar-refractivity contribution in [1.82, 2.24) is 4.98 Å².